The predicted octanol–water partition coefficient (Wildman–Crippen LogP) is 3.07. The fourth-order valence-electron chi connectivity index (χ4n) is 3.41. The van der Waals surface area contributed by atoms with E-state index < -0.39 is 0 Å². The van der Waals surface area contributed by atoms with Gasteiger partial charge < -0.3 is 9.32 Å². The van der Waals surface area contributed by atoms with Crippen molar-refractivity contribution >= 4 is 22.5 Å². The highest BCUT2D eigenvalue weighted by atomic mass is 16.3. The second-order valence-electron chi connectivity index (χ2n) is 6.50. The molecule has 1 aromatic heterocycles. The van der Waals surface area contributed by atoms with Crippen LogP contribution in [0.4, 0.5) is 0 Å². The number of ketones is 1. The Bertz CT molecular complexity index is 920. The lowest BCUT2D eigenvalue weighted by molar-refractivity contribution is 0.0622. The number of rotatable bonds is 4. The Morgan fingerprint density at radius 3 is 2.42 bits per heavy atom. The second-order valence-corrected chi connectivity index (χ2v) is 6.50. The topological polar surface area (TPSA) is 53.8 Å². The number of carbonyl (C=O) groups is 2. The van der Waals surface area contributed by atoms with Gasteiger partial charge >= 0.3 is 0 Å². The SMILES string of the molecule is O=C(CN1CCN(C(=O)c2cccc3ccccc23)CC1)c1ccco1. The van der Waals surface area contributed by atoms with Gasteiger partial charge in [0.25, 0.3) is 5.91 Å². The summed E-state index contributed by atoms with van der Waals surface area (Å²) in [6.07, 6.45) is 1.51. The molecule has 0 N–H and O–H groups in total. The summed E-state index contributed by atoms with van der Waals surface area (Å²) in [4.78, 5) is 29.0. The van der Waals surface area contributed by atoms with E-state index in [4.69, 9.17) is 4.42 Å². The molecule has 1 aliphatic rings. The summed E-state index contributed by atoms with van der Waals surface area (Å²) in [6.45, 7) is 2.93. The first kappa shape index (κ1) is 16.5. The van der Waals surface area contributed by atoms with Crippen LogP contribution < -0.4 is 0 Å². The van der Waals surface area contributed by atoms with Gasteiger partial charge in [0.2, 0.25) is 5.78 Å². The van der Waals surface area contributed by atoms with E-state index in [2.05, 4.69) is 4.90 Å². The van der Waals surface area contributed by atoms with Crippen LogP contribution >= 0.6 is 0 Å². The zero-order valence-corrected chi connectivity index (χ0v) is 14.4. The van der Waals surface area contributed by atoms with Gasteiger partial charge in [-0.1, -0.05) is 36.4 Å². The highest BCUT2D eigenvalue weighted by Gasteiger charge is 2.25. The maximum absolute atomic E-state index is 13.0. The summed E-state index contributed by atoms with van der Waals surface area (Å²) in [6, 6.07) is 17.2. The molecule has 3 aromatic rings. The van der Waals surface area contributed by atoms with Gasteiger partial charge in [-0.25, -0.2) is 0 Å². The van der Waals surface area contributed by atoms with Crippen molar-refractivity contribution in [1.82, 2.24) is 9.80 Å². The van der Waals surface area contributed by atoms with Crippen LogP contribution in [0.5, 0.6) is 0 Å². The molecule has 1 aliphatic heterocycles. The molecule has 5 heteroatoms. The first-order chi connectivity index (χ1) is 12.7. The minimum absolute atomic E-state index is 0.0242. The maximum Gasteiger partial charge on any atom is 0.254 e. The summed E-state index contributed by atoms with van der Waals surface area (Å²) in [5, 5.41) is 2.05. The molecule has 1 fully saturated rings. The van der Waals surface area contributed by atoms with Gasteiger partial charge in [-0.2, -0.15) is 0 Å². The lowest BCUT2D eigenvalue weighted by atomic mass is 10.0. The molecule has 0 radical (unpaired) electrons. The van der Waals surface area contributed by atoms with Crippen LogP contribution in [-0.2, 0) is 0 Å². The second kappa shape index (κ2) is 7.14. The molecule has 2 aromatic carbocycles. The van der Waals surface area contributed by atoms with Gasteiger partial charge in [0, 0.05) is 31.7 Å². The van der Waals surface area contributed by atoms with Crippen molar-refractivity contribution in [2.24, 2.45) is 0 Å². The van der Waals surface area contributed by atoms with Crippen LogP contribution in [-0.4, -0.2) is 54.2 Å². The van der Waals surface area contributed by atoms with Crippen molar-refractivity contribution in [2.75, 3.05) is 32.7 Å². The third kappa shape index (κ3) is 3.26. The van der Waals surface area contributed by atoms with E-state index in [0.29, 0.717) is 38.5 Å². The van der Waals surface area contributed by atoms with E-state index >= 15 is 0 Å². The quantitative estimate of drug-likeness (QED) is 0.680. The maximum atomic E-state index is 13.0. The number of benzene rings is 2. The Balaban J connectivity index is 1.41. The van der Waals surface area contributed by atoms with Crippen LogP contribution in [0.25, 0.3) is 10.8 Å². The predicted molar refractivity (Wildman–Crippen MR) is 99.3 cm³/mol. The fraction of sp³-hybridized carbons (Fsp3) is 0.238. The monoisotopic (exact) mass is 348 g/mol. The summed E-state index contributed by atoms with van der Waals surface area (Å²) in [5.41, 5.74) is 0.739. The third-order valence-corrected chi connectivity index (χ3v) is 4.84. The standard InChI is InChI=1S/C21H20N2O3/c24-19(20-9-4-14-26-20)15-22-10-12-23(13-11-22)21(25)18-8-3-6-16-5-1-2-7-17(16)18/h1-9,14H,10-13,15H2. The average Bonchev–Trinajstić information content (AvgIpc) is 3.23. The van der Waals surface area contributed by atoms with E-state index in [9.17, 15) is 9.59 Å². The van der Waals surface area contributed by atoms with Crippen molar-refractivity contribution in [2.45, 2.75) is 0 Å². The van der Waals surface area contributed by atoms with E-state index in [1.807, 2.05) is 47.4 Å². The average molecular weight is 348 g/mol. The summed E-state index contributed by atoms with van der Waals surface area (Å²) < 4.78 is 5.15. The molecule has 0 saturated carbocycles. The molecular formula is C21H20N2O3. The molecule has 0 bridgehead atoms. The highest BCUT2D eigenvalue weighted by Crippen LogP contribution is 2.20. The van der Waals surface area contributed by atoms with Gasteiger partial charge in [0.05, 0.1) is 12.8 Å². The van der Waals surface area contributed by atoms with Gasteiger partial charge in [0.15, 0.2) is 5.76 Å². The normalized spacial score (nSPS) is 15.3. The number of amides is 1. The van der Waals surface area contributed by atoms with Crippen molar-refractivity contribution in [3.05, 3.63) is 72.2 Å². The Morgan fingerprint density at radius 1 is 0.885 bits per heavy atom. The van der Waals surface area contributed by atoms with E-state index in [0.717, 1.165) is 16.3 Å². The number of carbonyl (C=O) groups excluding carboxylic acids is 2. The van der Waals surface area contributed by atoms with E-state index in [-0.39, 0.29) is 11.7 Å². The Morgan fingerprint density at radius 2 is 1.65 bits per heavy atom. The molecule has 1 amide bonds. The number of piperazine rings is 1. The minimum Gasteiger partial charge on any atom is -0.461 e. The third-order valence-electron chi connectivity index (χ3n) is 4.84. The molecule has 0 atom stereocenters. The van der Waals surface area contributed by atoms with Crippen molar-refractivity contribution in [1.29, 1.82) is 0 Å². The molecular weight excluding hydrogens is 328 g/mol. The fourth-order valence-corrected chi connectivity index (χ4v) is 3.41. The number of fused-ring (bicyclic) bond motifs is 1. The molecule has 26 heavy (non-hydrogen) atoms. The molecule has 1 saturated heterocycles. The lowest BCUT2D eigenvalue weighted by Gasteiger charge is -2.34. The Labute approximate surface area is 151 Å². The molecule has 4 rings (SSSR count). The van der Waals surface area contributed by atoms with Gasteiger partial charge in [-0.15, -0.1) is 0 Å². The van der Waals surface area contributed by atoms with Crippen LogP contribution in [0.2, 0.25) is 0 Å². The highest BCUT2D eigenvalue weighted by molar-refractivity contribution is 6.07. The summed E-state index contributed by atoms with van der Waals surface area (Å²) in [7, 11) is 0. The molecule has 0 spiro atoms. The first-order valence-corrected chi connectivity index (χ1v) is 8.78. The molecule has 0 aliphatic carbocycles. The Kier molecular flexibility index (Phi) is 4.54. The zero-order valence-electron chi connectivity index (χ0n) is 14.4. The number of Topliss-reactive ketones (excluding diaryl/α,β-unsaturated/α-hetero) is 1. The largest absolute Gasteiger partial charge is 0.461 e. The summed E-state index contributed by atoms with van der Waals surface area (Å²) >= 11 is 0. The van der Waals surface area contributed by atoms with Crippen LogP contribution in [0, 0.1) is 0 Å². The van der Waals surface area contributed by atoms with Gasteiger partial charge in [-0.05, 0) is 29.0 Å². The van der Waals surface area contributed by atoms with Crippen molar-refractivity contribution < 1.29 is 14.0 Å². The van der Waals surface area contributed by atoms with Crippen LogP contribution in [0.15, 0.2) is 65.3 Å². The summed E-state index contributed by atoms with van der Waals surface area (Å²) in [5.74, 6) is 0.418. The van der Waals surface area contributed by atoms with Crippen LogP contribution in [0.1, 0.15) is 20.9 Å². The molecule has 132 valence electrons. The Hall–Kier alpha value is -2.92. The number of nitrogens with zero attached hydrogens (tertiary/aromatic N) is 2. The van der Waals surface area contributed by atoms with Crippen molar-refractivity contribution in [3.8, 4) is 0 Å². The zero-order chi connectivity index (χ0) is 17.9. The molecule has 0 unspecified atom stereocenters. The van der Waals surface area contributed by atoms with E-state index in [1.165, 1.54) is 6.26 Å². The van der Waals surface area contributed by atoms with Crippen LogP contribution in [0.3, 0.4) is 0 Å². The van der Waals surface area contributed by atoms with Crippen molar-refractivity contribution in [3.63, 3.8) is 0 Å². The molecule has 5 nitrogen and oxygen atoms in total. The number of hydrogen-bond donors (Lipinski definition) is 0. The first-order valence-electron chi connectivity index (χ1n) is 8.78. The lowest BCUT2D eigenvalue weighted by Crippen LogP contribution is -2.49. The minimum atomic E-state index is -0.0242. The molecule has 2 heterocycles. The van der Waals surface area contributed by atoms with E-state index in [1.54, 1.807) is 12.1 Å². The smallest absolute Gasteiger partial charge is 0.254 e. The van der Waals surface area contributed by atoms with Gasteiger partial charge in [0.1, 0.15) is 0 Å². The number of furan rings is 1. The number of hydrogen-bond acceptors (Lipinski definition) is 4. The van der Waals surface area contributed by atoms with Gasteiger partial charge in [-0.3, -0.25) is 14.5 Å².